The van der Waals surface area contributed by atoms with Gasteiger partial charge in [-0.25, -0.2) is 9.07 Å². The summed E-state index contributed by atoms with van der Waals surface area (Å²) in [5, 5.41) is 14.1. The van der Waals surface area contributed by atoms with Crippen molar-refractivity contribution in [2.75, 3.05) is 5.32 Å². The number of nitrogens with zero attached hydrogens (tertiary/aromatic N) is 4. The third-order valence-corrected chi connectivity index (χ3v) is 3.60. The zero-order valence-electron chi connectivity index (χ0n) is 14.4. The van der Waals surface area contributed by atoms with E-state index in [1.54, 1.807) is 35.0 Å². The summed E-state index contributed by atoms with van der Waals surface area (Å²) in [7, 11) is 0. The van der Waals surface area contributed by atoms with Crippen molar-refractivity contribution in [1.82, 2.24) is 20.2 Å². The van der Waals surface area contributed by atoms with Crippen molar-refractivity contribution in [2.24, 2.45) is 0 Å². The standard InChI is InChI=1S/C18H18FN5O2/c1-12(2)24-17(21-22-23-24)11-26-16-8-3-5-13(9-16)18(25)20-15-7-4-6-14(19)10-15/h3-10,12H,11H2,1-2H3,(H,20,25). The summed E-state index contributed by atoms with van der Waals surface area (Å²) in [6.45, 7) is 4.12. The molecule has 7 nitrogen and oxygen atoms in total. The monoisotopic (exact) mass is 355 g/mol. The molecule has 8 heteroatoms. The molecule has 2 aromatic carbocycles. The Labute approximate surface area is 149 Å². The first kappa shape index (κ1) is 17.5. The van der Waals surface area contributed by atoms with Gasteiger partial charge in [0.05, 0.1) is 6.04 Å². The third kappa shape index (κ3) is 4.21. The minimum atomic E-state index is -0.414. The lowest BCUT2D eigenvalue weighted by atomic mass is 10.2. The fraction of sp³-hybridized carbons (Fsp3) is 0.222. The summed E-state index contributed by atoms with van der Waals surface area (Å²) in [6.07, 6.45) is 0. The number of rotatable bonds is 6. The Bertz CT molecular complexity index is 910. The summed E-state index contributed by atoms with van der Waals surface area (Å²) >= 11 is 0. The maximum absolute atomic E-state index is 13.2. The lowest BCUT2D eigenvalue weighted by Crippen LogP contribution is -2.13. The first-order valence-corrected chi connectivity index (χ1v) is 8.09. The zero-order chi connectivity index (χ0) is 18.5. The minimum absolute atomic E-state index is 0.118. The number of carbonyl (C=O) groups is 1. The number of halogens is 1. The highest BCUT2D eigenvalue weighted by atomic mass is 19.1. The van der Waals surface area contributed by atoms with Crippen LogP contribution in [-0.4, -0.2) is 26.1 Å². The molecule has 1 aromatic heterocycles. The predicted octanol–water partition coefficient (Wildman–Crippen LogP) is 3.22. The van der Waals surface area contributed by atoms with Crippen molar-refractivity contribution >= 4 is 11.6 Å². The van der Waals surface area contributed by atoms with Crippen LogP contribution in [0.15, 0.2) is 48.5 Å². The number of ether oxygens (including phenoxy) is 1. The maximum Gasteiger partial charge on any atom is 0.255 e. The number of benzene rings is 2. The van der Waals surface area contributed by atoms with Crippen LogP contribution in [0.2, 0.25) is 0 Å². The molecule has 0 unspecified atom stereocenters. The molecule has 1 amide bonds. The van der Waals surface area contributed by atoms with E-state index in [1.807, 2.05) is 13.8 Å². The maximum atomic E-state index is 13.2. The Morgan fingerprint density at radius 1 is 1.23 bits per heavy atom. The van der Waals surface area contributed by atoms with Gasteiger partial charge in [-0.3, -0.25) is 4.79 Å². The van der Waals surface area contributed by atoms with Gasteiger partial charge in [0.1, 0.15) is 18.2 Å². The molecule has 26 heavy (non-hydrogen) atoms. The molecule has 0 atom stereocenters. The fourth-order valence-electron chi connectivity index (χ4n) is 2.35. The largest absolute Gasteiger partial charge is 0.486 e. The molecule has 0 saturated heterocycles. The quantitative estimate of drug-likeness (QED) is 0.734. The molecule has 134 valence electrons. The summed E-state index contributed by atoms with van der Waals surface area (Å²) < 4.78 is 20.6. The van der Waals surface area contributed by atoms with Crippen molar-refractivity contribution in [3.05, 3.63) is 65.7 Å². The van der Waals surface area contributed by atoms with Gasteiger partial charge in [-0.1, -0.05) is 12.1 Å². The number of tetrazole rings is 1. The van der Waals surface area contributed by atoms with E-state index in [1.165, 1.54) is 18.2 Å². The Hall–Kier alpha value is -3.29. The van der Waals surface area contributed by atoms with Crippen molar-refractivity contribution < 1.29 is 13.9 Å². The molecule has 1 N–H and O–H groups in total. The Kier molecular flexibility index (Phi) is 5.21. The van der Waals surface area contributed by atoms with Crippen molar-refractivity contribution in [1.29, 1.82) is 0 Å². The molecule has 0 spiro atoms. The van der Waals surface area contributed by atoms with Crippen molar-refractivity contribution in [3.63, 3.8) is 0 Å². The number of hydrogen-bond acceptors (Lipinski definition) is 5. The van der Waals surface area contributed by atoms with Gasteiger partial charge < -0.3 is 10.1 Å². The van der Waals surface area contributed by atoms with Gasteiger partial charge in [-0.2, -0.15) is 0 Å². The van der Waals surface area contributed by atoms with Crippen LogP contribution < -0.4 is 10.1 Å². The number of anilines is 1. The van der Waals surface area contributed by atoms with Gasteiger partial charge >= 0.3 is 0 Å². The molecule has 0 saturated carbocycles. The molecule has 1 heterocycles. The topological polar surface area (TPSA) is 81.9 Å². The number of aromatic nitrogens is 4. The highest BCUT2D eigenvalue weighted by Crippen LogP contribution is 2.17. The van der Waals surface area contributed by atoms with E-state index in [0.29, 0.717) is 22.8 Å². The van der Waals surface area contributed by atoms with E-state index in [0.717, 1.165) is 0 Å². The smallest absolute Gasteiger partial charge is 0.255 e. The van der Waals surface area contributed by atoms with Gasteiger partial charge in [0.25, 0.3) is 5.91 Å². The minimum Gasteiger partial charge on any atom is -0.486 e. The van der Waals surface area contributed by atoms with E-state index in [4.69, 9.17) is 4.74 Å². The second-order valence-corrected chi connectivity index (χ2v) is 5.91. The van der Waals surface area contributed by atoms with Crippen LogP contribution in [0.1, 0.15) is 36.1 Å². The first-order chi connectivity index (χ1) is 12.5. The van der Waals surface area contributed by atoms with Crippen LogP contribution in [0.5, 0.6) is 5.75 Å². The van der Waals surface area contributed by atoms with Crippen LogP contribution >= 0.6 is 0 Å². The average Bonchev–Trinajstić information content (AvgIpc) is 3.09. The molecule has 0 bridgehead atoms. The normalized spacial score (nSPS) is 10.8. The van der Waals surface area contributed by atoms with E-state index in [-0.39, 0.29) is 18.6 Å². The van der Waals surface area contributed by atoms with Gasteiger partial charge in [-0.15, -0.1) is 5.10 Å². The van der Waals surface area contributed by atoms with Crippen LogP contribution in [-0.2, 0) is 6.61 Å². The van der Waals surface area contributed by atoms with Crippen LogP contribution in [0.3, 0.4) is 0 Å². The van der Waals surface area contributed by atoms with Crippen molar-refractivity contribution in [2.45, 2.75) is 26.5 Å². The molecule has 0 radical (unpaired) electrons. The highest BCUT2D eigenvalue weighted by molar-refractivity contribution is 6.04. The molecule has 0 aliphatic heterocycles. The Morgan fingerprint density at radius 2 is 2.04 bits per heavy atom. The number of nitrogens with one attached hydrogen (secondary N) is 1. The SMILES string of the molecule is CC(C)n1nnnc1COc1cccc(C(=O)Nc2cccc(F)c2)c1. The van der Waals surface area contributed by atoms with E-state index in [9.17, 15) is 9.18 Å². The van der Waals surface area contributed by atoms with Crippen molar-refractivity contribution in [3.8, 4) is 5.75 Å². The van der Waals surface area contributed by atoms with E-state index >= 15 is 0 Å². The second kappa shape index (κ2) is 7.73. The number of carbonyl (C=O) groups excluding carboxylic acids is 1. The lowest BCUT2D eigenvalue weighted by molar-refractivity contribution is 0.102. The van der Waals surface area contributed by atoms with Gasteiger partial charge in [0, 0.05) is 11.3 Å². The molecule has 0 fully saturated rings. The number of amides is 1. The number of hydrogen-bond donors (Lipinski definition) is 1. The molecular formula is C18H18FN5O2. The van der Waals surface area contributed by atoms with Crippen LogP contribution in [0, 0.1) is 5.82 Å². The van der Waals surface area contributed by atoms with Gasteiger partial charge in [-0.05, 0) is 60.7 Å². The van der Waals surface area contributed by atoms with E-state index in [2.05, 4.69) is 20.8 Å². The van der Waals surface area contributed by atoms with Gasteiger partial charge in [0.2, 0.25) is 0 Å². The average molecular weight is 355 g/mol. The summed E-state index contributed by atoms with van der Waals surface area (Å²) in [5.41, 5.74) is 0.785. The van der Waals surface area contributed by atoms with Crippen LogP contribution in [0.25, 0.3) is 0 Å². The molecule has 3 aromatic rings. The van der Waals surface area contributed by atoms with Crippen LogP contribution in [0.4, 0.5) is 10.1 Å². The molecular weight excluding hydrogens is 337 g/mol. The molecule has 0 aliphatic rings. The highest BCUT2D eigenvalue weighted by Gasteiger charge is 2.11. The summed E-state index contributed by atoms with van der Waals surface area (Å²) in [5.74, 6) is 0.334. The first-order valence-electron chi connectivity index (χ1n) is 8.09. The summed E-state index contributed by atoms with van der Waals surface area (Å²) in [4.78, 5) is 12.3. The lowest BCUT2D eigenvalue weighted by Gasteiger charge is -2.10. The third-order valence-electron chi connectivity index (χ3n) is 3.60. The second-order valence-electron chi connectivity index (χ2n) is 5.91. The molecule has 0 aliphatic carbocycles. The zero-order valence-corrected chi connectivity index (χ0v) is 14.4. The summed E-state index contributed by atoms with van der Waals surface area (Å²) in [6, 6.07) is 12.5. The predicted molar refractivity (Wildman–Crippen MR) is 93.3 cm³/mol. The Balaban J connectivity index is 1.67. The van der Waals surface area contributed by atoms with Gasteiger partial charge in [0.15, 0.2) is 5.82 Å². The van der Waals surface area contributed by atoms with E-state index < -0.39 is 5.82 Å². The molecule has 3 rings (SSSR count). The Morgan fingerprint density at radius 3 is 2.81 bits per heavy atom. The fourth-order valence-corrected chi connectivity index (χ4v) is 2.35.